The van der Waals surface area contributed by atoms with Gasteiger partial charge in [0.2, 0.25) is 0 Å². The maximum atomic E-state index is 9.83. The van der Waals surface area contributed by atoms with Crippen LogP contribution in [0.25, 0.3) is 0 Å². The van der Waals surface area contributed by atoms with Gasteiger partial charge in [0.15, 0.2) is 5.82 Å². The molecular weight excluding hydrogens is 204 g/mol. The summed E-state index contributed by atoms with van der Waals surface area (Å²) < 4.78 is 2.13. The van der Waals surface area contributed by atoms with Crippen LogP contribution in [0.4, 0.5) is 0 Å². The van der Waals surface area contributed by atoms with Crippen LogP contribution in [0.15, 0.2) is 0 Å². The smallest absolute Gasteiger partial charge is 0.161 e. The van der Waals surface area contributed by atoms with Crippen molar-refractivity contribution in [2.24, 2.45) is 0 Å². The first-order chi connectivity index (χ1) is 7.86. The van der Waals surface area contributed by atoms with Crippen molar-refractivity contribution in [2.75, 3.05) is 13.1 Å². The maximum absolute atomic E-state index is 9.83. The summed E-state index contributed by atoms with van der Waals surface area (Å²) >= 11 is 0. The number of aliphatic hydroxyl groups excluding tert-OH is 1. The average molecular weight is 222 g/mol. The van der Waals surface area contributed by atoms with E-state index >= 15 is 0 Å². The fourth-order valence-corrected chi connectivity index (χ4v) is 2.75. The van der Waals surface area contributed by atoms with E-state index in [9.17, 15) is 5.11 Å². The fraction of sp³-hybridized carbons (Fsp3) is 0.818. The fourth-order valence-electron chi connectivity index (χ4n) is 2.75. The highest BCUT2D eigenvalue weighted by molar-refractivity contribution is 5.07. The normalized spacial score (nSPS) is 30.1. The lowest BCUT2D eigenvalue weighted by Gasteiger charge is -2.25. The zero-order valence-corrected chi connectivity index (χ0v) is 9.39. The first-order valence-corrected chi connectivity index (χ1v) is 6.18. The van der Waals surface area contributed by atoms with Gasteiger partial charge >= 0.3 is 0 Å². The van der Waals surface area contributed by atoms with Crippen LogP contribution in [0.1, 0.15) is 49.4 Å². The minimum Gasteiger partial charge on any atom is -0.385 e. The highest BCUT2D eigenvalue weighted by atomic mass is 16.3. The van der Waals surface area contributed by atoms with Crippen LogP contribution in [0.3, 0.4) is 0 Å². The summed E-state index contributed by atoms with van der Waals surface area (Å²) in [7, 11) is 0. The average Bonchev–Trinajstić information content (AvgIpc) is 2.75. The minimum atomic E-state index is -0.411. The molecule has 2 N–H and O–H groups in total. The number of rotatable bonds is 1. The highest BCUT2D eigenvalue weighted by Gasteiger charge is 2.27. The van der Waals surface area contributed by atoms with E-state index in [0.29, 0.717) is 5.92 Å². The molecule has 1 fully saturated rings. The van der Waals surface area contributed by atoms with Gasteiger partial charge in [0.25, 0.3) is 0 Å². The Kier molecular flexibility index (Phi) is 2.65. The Labute approximate surface area is 94.9 Å². The minimum absolute atomic E-state index is 0.411. The van der Waals surface area contributed by atoms with Crippen LogP contribution in [-0.2, 0) is 6.54 Å². The molecule has 2 unspecified atom stereocenters. The van der Waals surface area contributed by atoms with E-state index < -0.39 is 6.10 Å². The van der Waals surface area contributed by atoms with Crippen LogP contribution in [-0.4, -0.2) is 33.0 Å². The summed E-state index contributed by atoms with van der Waals surface area (Å²) in [6.45, 7) is 3.07. The van der Waals surface area contributed by atoms with Crippen LogP contribution < -0.4 is 5.32 Å². The molecule has 2 aliphatic rings. The molecule has 1 aromatic heterocycles. The number of fused-ring (bicyclic) bond motifs is 1. The topological polar surface area (TPSA) is 63.0 Å². The molecule has 0 radical (unpaired) electrons. The summed E-state index contributed by atoms with van der Waals surface area (Å²) in [6.07, 6.45) is 3.82. The lowest BCUT2D eigenvalue weighted by atomic mass is 9.98. The second-order valence-corrected chi connectivity index (χ2v) is 4.77. The number of nitrogens with one attached hydrogen (secondary N) is 1. The van der Waals surface area contributed by atoms with Crippen LogP contribution in [0.5, 0.6) is 0 Å². The lowest BCUT2D eigenvalue weighted by Crippen LogP contribution is -2.30. The van der Waals surface area contributed by atoms with E-state index in [1.807, 2.05) is 0 Å². The van der Waals surface area contributed by atoms with Gasteiger partial charge in [0, 0.05) is 19.0 Å². The second-order valence-electron chi connectivity index (χ2n) is 4.77. The number of hydrogen-bond acceptors (Lipinski definition) is 4. The van der Waals surface area contributed by atoms with E-state index in [4.69, 9.17) is 0 Å². The molecule has 5 nitrogen and oxygen atoms in total. The number of hydrogen-bond donors (Lipinski definition) is 2. The van der Waals surface area contributed by atoms with Gasteiger partial charge in [-0.3, -0.25) is 0 Å². The van der Waals surface area contributed by atoms with E-state index in [1.54, 1.807) is 0 Å². The van der Waals surface area contributed by atoms with Crippen LogP contribution in [0, 0.1) is 0 Å². The largest absolute Gasteiger partial charge is 0.385 e. The van der Waals surface area contributed by atoms with E-state index in [2.05, 4.69) is 20.1 Å². The third-order valence-electron chi connectivity index (χ3n) is 3.63. The highest BCUT2D eigenvalue weighted by Crippen LogP contribution is 2.29. The van der Waals surface area contributed by atoms with Gasteiger partial charge in [-0.25, -0.2) is 0 Å². The molecule has 2 atom stereocenters. The molecule has 1 aromatic rings. The van der Waals surface area contributed by atoms with Crippen molar-refractivity contribution in [3.05, 3.63) is 11.6 Å². The van der Waals surface area contributed by atoms with Crippen molar-refractivity contribution in [3.63, 3.8) is 0 Å². The van der Waals surface area contributed by atoms with Crippen molar-refractivity contribution in [3.8, 4) is 0 Å². The Balaban J connectivity index is 1.89. The summed E-state index contributed by atoms with van der Waals surface area (Å²) in [5, 5.41) is 21.7. The second kappa shape index (κ2) is 4.14. The number of piperidine rings is 1. The summed E-state index contributed by atoms with van der Waals surface area (Å²) in [6, 6.07) is 0. The molecule has 0 spiro atoms. The Bertz CT molecular complexity index is 370. The molecule has 0 saturated carbocycles. The first-order valence-electron chi connectivity index (χ1n) is 6.18. The SMILES string of the molecule is OC1CCCn2c1nnc2C1CCCNC1. The van der Waals surface area contributed by atoms with Gasteiger partial charge in [-0.05, 0) is 32.2 Å². The van der Waals surface area contributed by atoms with Crippen molar-refractivity contribution in [2.45, 2.75) is 44.2 Å². The predicted molar refractivity (Wildman–Crippen MR) is 59.1 cm³/mol. The van der Waals surface area contributed by atoms with Gasteiger partial charge < -0.3 is 15.0 Å². The van der Waals surface area contributed by atoms with E-state index in [0.717, 1.165) is 44.1 Å². The predicted octanol–water partition coefficient (Wildman–Crippen LogP) is 0.572. The zero-order chi connectivity index (χ0) is 11.0. The number of nitrogens with zero attached hydrogens (tertiary/aromatic N) is 3. The molecule has 1 saturated heterocycles. The van der Waals surface area contributed by atoms with Crippen molar-refractivity contribution >= 4 is 0 Å². The maximum Gasteiger partial charge on any atom is 0.161 e. The standard InChI is InChI=1S/C11H18N4O/c16-9-4-2-6-15-10(13-14-11(9)15)8-3-1-5-12-7-8/h8-9,12,16H,1-7H2. The zero-order valence-electron chi connectivity index (χ0n) is 9.39. The lowest BCUT2D eigenvalue weighted by molar-refractivity contribution is 0.132. The van der Waals surface area contributed by atoms with E-state index in [-0.39, 0.29) is 0 Å². The number of aliphatic hydroxyl groups is 1. The molecule has 0 aliphatic carbocycles. The Morgan fingerprint density at radius 3 is 2.88 bits per heavy atom. The van der Waals surface area contributed by atoms with Crippen molar-refractivity contribution in [1.82, 2.24) is 20.1 Å². The molecule has 0 aromatic carbocycles. The van der Waals surface area contributed by atoms with E-state index in [1.165, 1.54) is 12.8 Å². The molecule has 2 aliphatic heterocycles. The molecule has 5 heteroatoms. The third kappa shape index (κ3) is 1.64. The molecule has 88 valence electrons. The Morgan fingerprint density at radius 1 is 1.19 bits per heavy atom. The molecule has 3 rings (SSSR count). The van der Waals surface area contributed by atoms with Gasteiger partial charge in [-0.15, -0.1) is 10.2 Å². The van der Waals surface area contributed by atoms with Gasteiger partial charge in [0.05, 0.1) is 0 Å². The summed E-state index contributed by atoms with van der Waals surface area (Å²) in [5.74, 6) is 2.31. The first kappa shape index (κ1) is 10.2. The van der Waals surface area contributed by atoms with Gasteiger partial charge in [-0.2, -0.15) is 0 Å². The molecule has 16 heavy (non-hydrogen) atoms. The molecule has 0 bridgehead atoms. The van der Waals surface area contributed by atoms with Crippen LogP contribution in [0.2, 0.25) is 0 Å². The summed E-state index contributed by atoms with van der Waals surface area (Å²) in [4.78, 5) is 0. The van der Waals surface area contributed by atoms with Gasteiger partial charge in [-0.1, -0.05) is 0 Å². The monoisotopic (exact) mass is 222 g/mol. The number of aromatic nitrogens is 3. The Hall–Kier alpha value is -0.940. The third-order valence-corrected chi connectivity index (χ3v) is 3.63. The Morgan fingerprint density at radius 2 is 2.06 bits per heavy atom. The molecule has 0 amide bonds. The quantitative estimate of drug-likeness (QED) is 0.729. The van der Waals surface area contributed by atoms with Crippen molar-refractivity contribution < 1.29 is 5.11 Å². The molecular formula is C11H18N4O. The van der Waals surface area contributed by atoms with Gasteiger partial charge in [0.1, 0.15) is 11.9 Å². The molecule has 3 heterocycles. The van der Waals surface area contributed by atoms with Crippen LogP contribution >= 0.6 is 0 Å². The summed E-state index contributed by atoms with van der Waals surface area (Å²) in [5.41, 5.74) is 0. The van der Waals surface area contributed by atoms with Crippen molar-refractivity contribution in [1.29, 1.82) is 0 Å².